The first-order valence-corrected chi connectivity index (χ1v) is 5.53. The summed E-state index contributed by atoms with van der Waals surface area (Å²) < 4.78 is 49.4. The summed E-state index contributed by atoms with van der Waals surface area (Å²) in [5.41, 5.74) is 0.450. The molecule has 1 aromatic carbocycles. The number of hydrogen-bond acceptors (Lipinski definition) is 4. The van der Waals surface area contributed by atoms with E-state index in [1.165, 1.54) is 32.4 Å². The van der Waals surface area contributed by atoms with Gasteiger partial charge in [-0.05, 0) is 17.7 Å². The van der Waals surface area contributed by atoms with E-state index in [1.807, 2.05) is 0 Å². The van der Waals surface area contributed by atoms with E-state index in [2.05, 4.69) is 10.1 Å². The van der Waals surface area contributed by atoms with Gasteiger partial charge < -0.3 is 19.5 Å². The van der Waals surface area contributed by atoms with Gasteiger partial charge >= 0.3 is 6.36 Å². The van der Waals surface area contributed by atoms with Crippen molar-refractivity contribution in [2.75, 3.05) is 14.2 Å². The molecule has 0 fully saturated rings. The van der Waals surface area contributed by atoms with Crippen molar-refractivity contribution in [2.24, 2.45) is 0 Å². The van der Waals surface area contributed by atoms with Gasteiger partial charge in [0.2, 0.25) is 6.29 Å². The molecule has 0 unspecified atom stereocenters. The molecule has 0 heterocycles. The fourth-order valence-electron chi connectivity index (χ4n) is 1.44. The van der Waals surface area contributed by atoms with Gasteiger partial charge in [0.1, 0.15) is 5.75 Å². The minimum atomic E-state index is -4.75. The molecule has 20 heavy (non-hydrogen) atoms. The number of carbonyl (C=O) groups is 1. The molecule has 8 heteroatoms. The Hall–Kier alpha value is -1.80. The van der Waals surface area contributed by atoms with Crippen LogP contribution in [0, 0.1) is 0 Å². The Morgan fingerprint density at radius 2 is 1.95 bits per heavy atom. The summed E-state index contributed by atoms with van der Waals surface area (Å²) in [5, 5.41) is 2.47. The first-order valence-electron chi connectivity index (χ1n) is 5.53. The van der Waals surface area contributed by atoms with Crippen molar-refractivity contribution < 1.29 is 32.2 Å². The average Bonchev–Trinajstić information content (AvgIpc) is 2.36. The quantitative estimate of drug-likeness (QED) is 0.813. The lowest BCUT2D eigenvalue weighted by atomic mass is 10.2. The van der Waals surface area contributed by atoms with E-state index in [4.69, 9.17) is 9.47 Å². The number of nitrogens with one attached hydrogen (secondary N) is 1. The standard InChI is InChI=1S/C12H14F3NO4/c1-18-11(19-2)10(17)16-7-8-4-3-5-9(6-8)20-12(13,14)15/h3-6,11H,7H2,1-2H3,(H,16,17). The molecule has 0 aliphatic carbocycles. The topological polar surface area (TPSA) is 56.8 Å². The van der Waals surface area contributed by atoms with Crippen molar-refractivity contribution in [3.63, 3.8) is 0 Å². The van der Waals surface area contributed by atoms with E-state index in [-0.39, 0.29) is 12.3 Å². The zero-order chi connectivity index (χ0) is 15.2. The van der Waals surface area contributed by atoms with Crippen LogP contribution in [0.2, 0.25) is 0 Å². The number of amides is 1. The highest BCUT2D eigenvalue weighted by atomic mass is 19.4. The summed E-state index contributed by atoms with van der Waals surface area (Å²) in [5.74, 6) is -0.878. The van der Waals surface area contributed by atoms with Gasteiger partial charge in [0, 0.05) is 20.8 Å². The van der Waals surface area contributed by atoms with Gasteiger partial charge in [-0.2, -0.15) is 0 Å². The SMILES string of the molecule is COC(OC)C(=O)NCc1cccc(OC(F)(F)F)c1. The normalized spacial score (nSPS) is 11.5. The van der Waals surface area contributed by atoms with Gasteiger partial charge in [-0.1, -0.05) is 12.1 Å². The molecular formula is C12H14F3NO4. The number of hydrogen-bond donors (Lipinski definition) is 1. The third-order valence-corrected chi connectivity index (χ3v) is 2.24. The summed E-state index contributed by atoms with van der Waals surface area (Å²) >= 11 is 0. The summed E-state index contributed by atoms with van der Waals surface area (Å²) in [6, 6.07) is 5.30. The summed E-state index contributed by atoms with van der Waals surface area (Å²) in [7, 11) is 2.59. The smallest absolute Gasteiger partial charge is 0.406 e. The van der Waals surface area contributed by atoms with Crippen LogP contribution in [0.5, 0.6) is 5.75 Å². The van der Waals surface area contributed by atoms with Crippen LogP contribution in [0.25, 0.3) is 0 Å². The molecule has 0 spiro atoms. The van der Waals surface area contributed by atoms with E-state index in [1.54, 1.807) is 6.07 Å². The summed E-state index contributed by atoms with van der Waals surface area (Å²) in [6.07, 6.45) is -5.82. The third-order valence-electron chi connectivity index (χ3n) is 2.24. The second-order valence-corrected chi connectivity index (χ2v) is 3.72. The van der Waals surface area contributed by atoms with Crippen LogP contribution < -0.4 is 10.1 Å². The van der Waals surface area contributed by atoms with Crippen molar-refractivity contribution in [2.45, 2.75) is 19.2 Å². The van der Waals surface area contributed by atoms with Crippen LogP contribution >= 0.6 is 0 Å². The molecule has 0 radical (unpaired) electrons. The predicted octanol–water partition coefficient (Wildman–Crippen LogP) is 1.82. The molecule has 0 aliphatic heterocycles. The number of halogens is 3. The van der Waals surface area contributed by atoms with Crippen molar-refractivity contribution >= 4 is 5.91 Å². The van der Waals surface area contributed by atoms with Crippen molar-refractivity contribution in [1.82, 2.24) is 5.32 Å². The van der Waals surface area contributed by atoms with Gasteiger partial charge in [0.25, 0.3) is 5.91 Å². The molecule has 1 rings (SSSR count). The summed E-state index contributed by atoms with van der Waals surface area (Å²) in [4.78, 5) is 11.5. The number of ether oxygens (including phenoxy) is 3. The number of benzene rings is 1. The molecule has 5 nitrogen and oxygen atoms in total. The number of methoxy groups -OCH3 is 2. The molecule has 0 atom stereocenters. The lowest BCUT2D eigenvalue weighted by Crippen LogP contribution is -2.36. The number of rotatable bonds is 6. The predicted molar refractivity (Wildman–Crippen MR) is 62.8 cm³/mol. The highest BCUT2D eigenvalue weighted by Crippen LogP contribution is 2.23. The van der Waals surface area contributed by atoms with Gasteiger partial charge in [-0.3, -0.25) is 4.79 Å². The Bertz CT molecular complexity index is 447. The third kappa shape index (κ3) is 5.45. The number of alkyl halides is 3. The minimum Gasteiger partial charge on any atom is -0.406 e. The maximum absolute atomic E-state index is 12.1. The molecule has 0 saturated heterocycles. The van der Waals surface area contributed by atoms with E-state index in [9.17, 15) is 18.0 Å². The largest absolute Gasteiger partial charge is 0.573 e. The monoisotopic (exact) mass is 293 g/mol. The first-order chi connectivity index (χ1) is 9.35. The first kappa shape index (κ1) is 16.3. The lowest BCUT2D eigenvalue weighted by Gasteiger charge is -2.14. The maximum Gasteiger partial charge on any atom is 0.573 e. The Kier molecular flexibility index (Phi) is 5.78. The molecule has 0 bridgehead atoms. The fourth-order valence-corrected chi connectivity index (χ4v) is 1.44. The molecule has 0 aromatic heterocycles. The molecule has 0 aliphatic rings. The molecule has 1 amide bonds. The van der Waals surface area contributed by atoms with Gasteiger partial charge in [0.05, 0.1) is 0 Å². The zero-order valence-corrected chi connectivity index (χ0v) is 10.9. The molecule has 0 saturated carbocycles. The Morgan fingerprint density at radius 3 is 2.50 bits per heavy atom. The molecule has 1 N–H and O–H groups in total. The van der Waals surface area contributed by atoms with Crippen LogP contribution in [-0.4, -0.2) is 32.8 Å². The van der Waals surface area contributed by atoms with E-state index < -0.39 is 18.6 Å². The fraction of sp³-hybridized carbons (Fsp3) is 0.417. The summed E-state index contributed by atoms with van der Waals surface area (Å²) in [6.45, 7) is 0.0249. The van der Waals surface area contributed by atoms with Crippen molar-refractivity contribution in [1.29, 1.82) is 0 Å². The van der Waals surface area contributed by atoms with E-state index >= 15 is 0 Å². The average molecular weight is 293 g/mol. The van der Waals surface area contributed by atoms with E-state index in [0.29, 0.717) is 5.56 Å². The number of carbonyl (C=O) groups excluding carboxylic acids is 1. The molecule has 112 valence electrons. The Labute approximate surface area is 113 Å². The zero-order valence-electron chi connectivity index (χ0n) is 10.9. The van der Waals surface area contributed by atoms with Crippen LogP contribution in [-0.2, 0) is 20.8 Å². The highest BCUT2D eigenvalue weighted by molar-refractivity contribution is 5.79. The van der Waals surface area contributed by atoms with Gasteiger partial charge in [-0.15, -0.1) is 13.2 Å². The Balaban J connectivity index is 2.61. The maximum atomic E-state index is 12.1. The lowest BCUT2D eigenvalue weighted by molar-refractivity contribution is -0.274. The molecule has 1 aromatic rings. The highest BCUT2D eigenvalue weighted by Gasteiger charge is 2.31. The Morgan fingerprint density at radius 1 is 1.30 bits per heavy atom. The minimum absolute atomic E-state index is 0.0249. The van der Waals surface area contributed by atoms with Crippen LogP contribution in [0.15, 0.2) is 24.3 Å². The van der Waals surface area contributed by atoms with Crippen LogP contribution in [0.3, 0.4) is 0 Å². The van der Waals surface area contributed by atoms with Crippen molar-refractivity contribution in [3.05, 3.63) is 29.8 Å². The van der Waals surface area contributed by atoms with Gasteiger partial charge in [0.15, 0.2) is 0 Å². The van der Waals surface area contributed by atoms with Crippen LogP contribution in [0.1, 0.15) is 5.56 Å². The second kappa shape index (κ2) is 7.11. The van der Waals surface area contributed by atoms with Gasteiger partial charge in [-0.25, -0.2) is 0 Å². The second-order valence-electron chi connectivity index (χ2n) is 3.72. The van der Waals surface area contributed by atoms with Crippen LogP contribution in [0.4, 0.5) is 13.2 Å². The van der Waals surface area contributed by atoms with E-state index in [0.717, 1.165) is 0 Å². The molecular weight excluding hydrogens is 279 g/mol. The van der Waals surface area contributed by atoms with Crippen molar-refractivity contribution in [3.8, 4) is 5.75 Å².